The Bertz CT molecular complexity index is 1460. The third kappa shape index (κ3) is 3.77. The average molecular weight is 511 g/mol. The van der Waals surface area contributed by atoms with Crippen LogP contribution in [-0.2, 0) is 17.8 Å². The van der Waals surface area contributed by atoms with Crippen LogP contribution in [0.4, 0.5) is 11.8 Å². The molecule has 1 aliphatic heterocycles. The first-order valence-corrected chi connectivity index (χ1v) is 11.9. The Morgan fingerprint density at radius 3 is 2.69 bits per heavy atom. The molecule has 0 radical (unpaired) electrons. The predicted octanol–water partition coefficient (Wildman–Crippen LogP) is 4.98. The second-order valence-corrected chi connectivity index (χ2v) is 9.44. The van der Waals surface area contributed by atoms with Gasteiger partial charge in [-0.15, -0.1) is 0 Å². The van der Waals surface area contributed by atoms with E-state index in [9.17, 15) is 4.79 Å². The summed E-state index contributed by atoms with van der Waals surface area (Å²) in [5.74, 6) is 0.806. The molecule has 0 saturated carbocycles. The van der Waals surface area contributed by atoms with Gasteiger partial charge in [0.15, 0.2) is 5.82 Å². The number of nitrogen functional groups attached to an aromatic ring is 1. The molecule has 180 valence electrons. The Balaban J connectivity index is 1.63. The molecule has 0 atom stereocenters. The van der Waals surface area contributed by atoms with Crippen molar-refractivity contribution in [3.8, 4) is 5.75 Å². The van der Waals surface area contributed by atoms with E-state index >= 15 is 0 Å². The largest absolute Gasteiger partial charge is 0.496 e. The molecule has 35 heavy (non-hydrogen) atoms. The molecule has 10 heteroatoms. The molecule has 0 spiro atoms. The number of halogens is 2. The number of aryl methyl sites for hydroxylation is 2. The zero-order valence-corrected chi connectivity index (χ0v) is 21.3. The number of nitrogens with zero attached hydrogens (tertiary/aromatic N) is 4. The lowest BCUT2D eigenvalue weighted by Crippen LogP contribution is -2.27. The number of aromatic amines is 1. The van der Waals surface area contributed by atoms with Crippen molar-refractivity contribution in [2.24, 2.45) is 0 Å². The van der Waals surface area contributed by atoms with Crippen molar-refractivity contribution in [1.82, 2.24) is 19.9 Å². The van der Waals surface area contributed by atoms with Crippen LogP contribution in [-0.4, -0.2) is 33.0 Å². The molecule has 2 aliphatic rings. The van der Waals surface area contributed by atoms with Crippen molar-refractivity contribution >= 4 is 57.6 Å². The van der Waals surface area contributed by atoms with E-state index < -0.39 is 0 Å². The molecule has 0 aromatic carbocycles. The summed E-state index contributed by atoms with van der Waals surface area (Å²) in [6.07, 6.45) is 7.25. The molecule has 4 heterocycles. The smallest absolute Gasteiger partial charge is 0.260 e. The fraction of sp³-hybridized carbons (Fsp3) is 0.280. The third-order valence-corrected chi connectivity index (χ3v) is 7.15. The summed E-state index contributed by atoms with van der Waals surface area (Å²) in [6.45, 7) is 5.99. The molecule has 0 fully saturated rings. The quantitative estimate of drug-likeness (QED) is 0.378. The molecule has 3 aromatic heterocycles. The minimum absolute atomic E-state index is 0.0117. The van der Waals surface area contributed by atoms with Gasteiger partial charge in [0, 0.05) is 39.3 Å². The summed E-state index contributed by atoms with van der Waals surface area (Å²) in [5, 5.41) is 0.834. The number of rotatable bonds is 4. The number of pyridine rings is 1. The number of aromatic nitrogens is 4. The highest BCUT2D eigenvalue weighted by molar-refractivity contribution is 6.49. The summed E-state index contributed by atoms with van der Waals surface area (Å²) in [4.78, 5) is 31.7. The zero-order valence-electron chi connectivity index (χ0n) is 19.8. The van der Waals surface area contributed by atoms with Crippen LogP contribution in [0.5, 0.6) is 5.75 Å². The van der Waals surface area contributed by atoms with E-state index in [0.29, 0.717) is 27.7 Å². The molecular weight excluding hydrogens is 487 g/mol. The number of allylic oxidation sites excluding steroid dienone is 1. The maximum Gasteiger partial charge on any atom is 0.260 e. The summed E-state index contributed by atoms with van der Waals surface area (Å²) < 4.78 is 5.54. The zero-order chi connectivity index (χ0) is 25.0. The Morgan fingerprint density at radius 2 is 1.97 bits per heavy atom. The molecule has 1 amide bonds. The van der Waals surface area contributed by atoms with E-state index in [4.69, 9.17) is 33.7 Å². The van der Waals surface area contributed by atoms with Gasteiger partial charge in [-0.3, -0.25) is 14.7 Å². The lowest BCUT2D eigenvalue weighted by atomic mass is 10.0. The molecule has 0 bridgehead atoms. The Kier molecular flexibility index (Phi) is 5.81. The van der Waals surface area contributed by atoms with E-state index in [1.807, 2.05) is 26.8 Å². The van der Waals surface area contributed by atoms with Crippen molar-refractivity contribution in [2.45, 2.75) is 40.2 Å². The van der Waals surface area contributed by atoms with Gasteiger partial charge < -0.3 is 15.5 Å². The van der Waals surface area contributed by atoms with Crippen molar-refractivity contribution in [3.63, 3.8) is 0 Å². The van der Waals surface area contributed by atoms with E-state index in [-0.39, 0.29) is 23.6 Å². The number of hydrogen-bond donors (Lipinski definition) is 2. The molecular formula is C25H24Cl2N6O2. The molecule has 0 saturated heterocycles. The van der Waals surface area contributed by atoms with Crippen LogP contribution in [0.25, 0.3) is 16.7 Å². The topological polar surface area (TPSA) is 110 Å². The van der Waals surface area contributed by atoms with Gasteiger partial charge in [0.2, 0.25) is 5.95 Å². The fourth-order valence-electron chi connectivity index (χ4n) is 4.80. The van der Waals surface area contributed by atoms with Crippen molar-refractivity contribution in [3.05, 3.63) is 62.3 Å². The van der Waals surface area contributed by atoms with E-state index in [1.54, 1.807) is 19.4 Å². The number of H-pyrrole nitrogens is 1. The van der Waals surface area contributed by atoms with Crippen LogP contribution in [0.3, 0.4) is 0 Å². The predicted molar refractivity (Wildman–Crippen MR) is 138 cm³/mol. The number of nitrogens with two attached hydrogens (primary N) is 1. The lowest BCUT2D eigenvalue weighted by Gasteiger charge is -2.19. The number of ether oxygens (including phenoxy) is 1. The van der Waals surface area contributed by atoms with Gasteiger partial charge >= 0.3 is 0 Å². The summed E-state index contributed by atoms with van der Waals surface area (Å²) in [6, 6.07) is 0. The van der Waals surface area contributed by atoms with Crippen molar-refractivity contribution < 1.29 is 9.53 Å². The van der Waals surface area contributed by atoms with E-state index in [0.717, 1.165) is 52.2 Å². The van der Waals surface area contributed by atoms with Crippen LogP contribution < -0.4 is 15.4 Å². The fourth-order valence-corrected chi connectivity index (χ4v) is 5.44. The number of nitrogens with one attached hydrogen (secondary N) is 1. The number of amides is 1. The second-order valence-electron chi connectivity index (χ2n) is 8.67. The first-order chi connectivity index (χ1) is 16.7. The van der Waals surface area contributed by atoms with Gasteiger partial charge in [-0.05, 0) is 45.3 Å². The number of carbonyl (C=O) groups excluding carboxylic acids is 1. The Morgan fingerprint density at radius 1 is 1.20 bits per heavy atom. The maximum absolute atomic E-state index is 13.8. The van der Waals surface area contributed by atoms with Gasteiger partial charge in [0.1, 0.15) is 10.9 Å². The van der Waals surface area contributed by atoms with E-state index in [1.165, 1.54) is 4.90 Å². The summed E-state index contributed by atoms with van der Waals surface area (Å²) >= 11 is 13.0. The number of hydrogen-bond acceptors (Lipinski definition) is 6. The van der Waals surface area contributed by atoms with Gasteiger partial charge in [0.05, 0.1) is 30.5 Å². The van der Waals surface area contributed by atoms with Gasteiger partial charge in [0.25, 0.3) is 5.91 Å². The van der Waals surface area contributed by atoms with Crippen LogP contribution in [0.2, 0.25) is 5.15 Å². The average Bonchev–Trinajstić information content (AvgIpc) is 3.26. The SMILES string of the molecule is COc1c(C)cnc(CN2C(=O)C(=Cc3[nH]c4c(c3C)C(Cl)=CCC4)c3c(Cl)nc(N)nc32)c1C. The summed E-state index contributed by atoms with van der Waals surface area (Å²) in [7, 11) is 1.61. The van der Waals surface area contributed by atoms with Crippen LogP contribution in [0.15, 0.2) is 12.3 Å². The maximum atomic E-state index is 13.8. The number of carbonyl (C=O) groups is 1. The molecule has 1 aliphatic carbocycles. The van der Waals surface area contributed by atoms with Gasteiger partial charge in [-0.2, -0.15) is 4.98 Å². The van der Waals surface area contributed by atoms with Crippen molar-refractivity contribution in [1.29, 1.82) is 0 Å². The highest BCUT2D eigenvalue weighted by Gasteiger charge is 2.38. The van der Waals surface area contributed by atoms with E-state index in [2.05, 4.69) is 19.9 Å². The standard InChI is InChI=1S/C25H24Cl2N6O2/c1-11-9-29-18(13(3)21(11)35-4)10-33-23-20(22(27)31-25(28)32-23)14(24(33)34)8-17-12(2)19-15(26)6-5-7-16(19)30-17/h6,8-9,30H,5,7,10H2,1-4H3,(H2,28,31,32). The van der Waals surface area contributed by atoms with Gasteiger partial charge in [-0.1, -0.05) is 29.3 Å². The molecule has 8 nitrogen and oxygen atoms in total. The minimum atomic E-state index is -0.267. The van der Waals surface area contributed by atoms with Crippen molar-refractivity contribution in [2.75, 3.05) is 17.7 Å². The first kappa shape index (κ1) is 23.4. The second kappa shape index (κ2) is 8.70. The molecule has 0 unspecified atom stereocenters. The first-order valence-electron chi connectivity index (χ1n) is 11.1. The number of anilines is 2. The Hall–Kier alpha value is -3.36. The monoisotopic (exact) mass is 510 g/mol. The highest BCUT2D eigenvalue weighted by atomic mass is 35.5. The number of fused-ring (bicyclic) bond motifs is 2. The van der Waals surface area contributed by atoms with Gasteiger partial charge in [-0.25, -0.2) is 4.98 Å². The molecule has 3 aromatic rings. The minimum Gasteiger partial charge on any atom is -0.496 e. The number of methoxy groups -OCH3 is 1. The molecule has 3 N–H and O–H groups in total. The lowest BCUT2D eigenvalue weighted by molar-refractivity contribution is -0.113. The molecule has 5 rings (SSSR count). The third-order valence-electron chi connectivity index (χ3n) is 6.53. The Labute approximate surface area is 212 Å². The van der Waals surface area contributed by atoms with Crippen LogP contribution in [0.1, 0.15) is 51.3 Å². The summed E-state index contributed by atoms with van der Waals surface area (Å²) in [5.41, 5.74) is 13.0. The van der Waals surface area contributed by atoms with Crippen LogP contribution >= 0.6 is 23.2 Å². The highest BCUT2D eigenvalue weighted by Crippen LogP contribution is 2.43. The van der Waals surface area contributed by atoms with Crippen LogP contribution in [0, 0.1) is 20.8 Å². The normalized spacial score (nSPS) is 15.9.